The number of anilines is 1. The van der Waals surface area contributed by atoms with E-state index in [9.17, 15) is 5.11 Å². The Morgan fingerprint density at radius 1 is 1.31 bits per heavy atom. The Kier molecular flexibility index (Phi) is 2.62. The van der Waals surface area contributed by atoms with Gasteiger partial charge in [-0.05, 0) is 34.5 Å². The van der Waals surface area contributed by atoms with E-state index >= 15 is 0 Å². The van der Waals surface area contributed by atoms with Crippen molar-refractivity contribution < 1.29 is 5.11 Å². The van der Waals surface area contributed by atoms with Crippen LogP contribution in [0.25, 0.3) is 0 Å². The molecule has 0 aliphatic carbocycles. The van der Waals surface area contributed by atoms with Crippen LogP contribution >= 0.6 is 31.9 Å². The summed E-state index contributed by atoms with van der Waals surface area (Å²) < 4.78 is 1.97. The number of hydrogen-bond acceptors (Lipinski definition) is 2. The van der Waals surface area contributed by atoms with Crippen LogP contribution < -0.4 is 5.32 Å². The largest absolute Gasteiger partial charge is 0.388 e. The van der Waals surface area contributed by atoms with E-state index in [0.717, 1.165) is 33.2 Å². The molecule has 13 heavy (non-hydrogen) atoms. The third kappa shape index (κ3) is 1.63. The van der Waals surface area contributed by atoms with Gasteiger partial charge in [-0.15, -0.1) is 0 Å². The number of benzene rings is 1. The molecule has 0 spiro atoms. The highest BCUT2D eigenvalue weighted by Crippen LogP contribution is 2.39. The molecule has 70 valence electrons. The zero-order chi connectivity index (χ0) is 9.42. The van der Waals surface area contributed by atoms with Crippen molar-refractivity contribution >= 4 is 37.5 Å². The van der Waals surface area contributed by atoms with Gasteiger partial charge in [-0.2, -0.15) is 0 Å². The van der Waals surface area contributed by atoms with Crippen molar-refractivity contribution in [2.75, 3.05) is 11.9 Å². The van der Waals surface area contributed by atoms with Gasteiger partial charge in [0.2, 0.25) is 0 Å². The standard InChI is InChI=1S/C9H9Br2NO/c10-5-1-2-6(11)9-8(5)7(13)3-4-12-9/h1-2,7,12-13H,3-4H2. The lowest BCUT2D eigenvalue weighted by molar-refractivity contribution is 0.167. The van der Waals surface area contributed by atoms with E-state index in [1.54, 1.807) is 0 Å². The maximum Gasteiger partial charge on any atom is 0.0838 e. The van der Waals surface area contributed by atoms with Gasteiger partial charge in [0.05, 0.1) is 11.8 Å². The van der Waals surface area contributed by atoms with Crippen LogP contribution in [0.4, 0.5) is 5.69 Å². The molecular formula is C9H9Br2NO. The summed E-state index contributed by atoms with van der Waals surface area (Å²) >= 11 is 6.88. The summed E-state index contributed by atoms with van der Waals surface area (Å²) in [5, 5.41) is 13.0. The summed E-state index contributed by atoms with van der Waals surface area (Å²) in [5.74, 6) is 0. The van der Waals surface area contributed by atoms with E-state index < -0.39 is 0 Å². The van der Waals surface area contributed by atoms with E-state index in [1.807, 2.05) is 12.1 Å². The molecule has 0 saturated heterocycles. The molecule has 0 amide bonds. The monoisotopic (exact) mass is 305 g/mol. The highest BCUT2D eigenvalue weighted by atomic mass is 79.9. The molecule has 1 unspecified atom stereocenters. The third-order valence-electron chi connectivity index (χ3n) is 2.19. The van der Waals surface area contributed by atoms with Crippen molar-refractivity contribution in [3.05, 3.63) is 26.6 Å². The summed E-state index contributed by atoms with van der Waals surface area (Å²) in [6.45, 7) is 0.823. The minimum absolute atomic E-state index is 0.358. The van der Waals surface area contributed by atoms with Crippen molar-refractivity contribution in [1.29, 1.82) is 0 Å². The predicted octanol–water partition coefficient (Wildman–Crippen LogP) is 3.06. The Bertz CT molecular complexity index is 341. The Labute approximate surface area is 93.6 Å². The number of hydrogen-bond donors (Lipinski definition) is 2. The maximum atomic E-state index is 9.78. The van der Waals surface area contributed by atoms with Crippen molar-refractivity contribution in [1.82, 2.24) is 0 Å². The highest BCUT2D eigenvalue weighted by molar-refractivity contribution is 9.11. The second-order valence-electron chi connectivity index (χ2n) is 3.05. The first kappa shape index (κ1) is 9.49. The predicted molar refractivity (Wildman–Crippen MR) is 59.9 cm³/mol. The van der Waals surface area contributed by atoms with Crippen molar-refractivity contribution in [3.8, 4) is 0 Å². The second kappa shape index (κ2) is 3.59. The average molecular weight is 307 g/mol. The van der Waals surface area contributed by atoms with Gasteiger partial charge >= 0.3 is 0 Å². The van der Waals surface area contributed by atoms with Crippen molar-refractivity contribution in [2.24, 2.45) is 0 Å². The Morgan fingerprint density at radius 3 is 2.69 bits per heavy atom. The number of aliphatic hydroxyl groups excluding tert-OH is 1. The molecule has 0 aromatic heterocycles. The molecule has 1 aliphatic rings. The molecule has 2 nitrogen and oxygen atoms in total. The third-order valence-corrected chi connectivity index (χ3v) is 3.55. The fourth-order valence-corrected chi connectivity index (χ4v) is 2.63. The van der Waals surface area contributed by atoms with Gasteiger partial charge in [0.1, 0.15) is 0 Å². The van der Waals surface area contributed by atoms with Crippen LogP contribution in [-0.2, 0) is 0 Å². The Morgan fingerprint density at radius 2 is 2.00 bits per heavy atom. The molecule has 0 saturated carbocycles. The summed E-state index contributed by atoms with van der Waals surface area (Å²) in [6, 6.07) is 3.91. The topological polar surface area (TPSA) is 32.3 Å². The molecule has 1 aliphatic heterocycles. The summed E-state index contributed by atoms with van der Waals surface area (Å²) in [6.07, 6.45) is 0.408. The number of aliphatic hydroxyl groups is 1. The van der Waals surface area contributed by atoms with Crippen LogP contribution in [-0.4, -0.2) is 11.7 Å². The molecule has 1 atom stereocenters. The molecule has 0 fully saturated rings. The average Bonchev–Trinajstić information content (AvgIpc) is 2.12. The number of halogens is 2. The summed E-state index contributed by atoms with van der Waals surface area (Å²) in [7, 11) is 0. The van der Waals surface area contributed by atoms with Gasteiger partial charge in [-0.1, -0.05) is 15.9 Å². The van der Waals surface area contributed by atoms with Crippen LogP contribution in [0.2, 0.25) is 0 Å². The number of nitrogens with one attached hydrogen (secondary N) is 1. The van der Waals surface area contributed by atoms with Gasteiger partial charge in [0.25, 0.3) is 0 Å². The quantitative estimate of drug-likeness (QED) is 0.772. The molecular weight excluding hydrogens is 298 g/mol. The molecule has 0 bridgehead atoms. The minimum Gasteiger partial charge on any atom is -0.388 e. The molecule has 2 N–H and O–H groups in total. The number of fused-ring (bicyclic) bond motifs is 1. The first-order chi connectivity index (χ1) is 6.20. The fourth-order valence-electron chi connectivity index (χ4n) is 1.55. The van der Waals surface area contributed by atoms with Gasteiger partial charge < -0.3 is 10.4 Å². The van der Waals surface area contributed by atoms with E-state index in [1.165, 1.54) is 0 Å². The van der Waals surface area contributed by atoms with E-state index in [4.69, 9.17) is 0 Å². The van der Waals surface area contributed by atoms with E-state index in [0.29, 0.717) is 0 Å². The lowest BCUT2D eigenvalue weighted by atomic mass is 10.0. The maximum absolute atomic E-state index is 9.78. The van der Waals surface area contributed by atoms with Crippen LogP contribution in [0, 0.1) is 0 Å². The molecule has 1 aromatic carbocycles. The summed E-state index contributed by atoms with van der Waals surface area (Å²) in [5.41, 5.74) is 1.97. The molecule has 4 heteroatoms. The lowest BCUT2D eigenvalue weighted by Crippen LogP contribution is -2.17. The van der Waals surface area contributed by atoms with Crippen LogP contribution in [0.15, 0.2) is 21.1 Å². The highest BCUT2D eigenvalue weighted by Gasteiger charge is 2.21. The normalized spacial score (nSPS) is 20.7. The molecule has 2 rings (SSSR count). The van der Waals surface area contributed by atoms with Crippen LogP contribution in [0.3, 0.4) is 0 Å². The van der Waals surface area contributed by atoms with E-state index in [2.05, 4.69) is 37.2 Å². The smallest absolute Gasteiger partial charge is 0.0838 e. The first-order valence-electron chi connectivity index (χ1n) is 4.10. The SMILES string of the molecule is OC1CCNc2c(Br)ccc(Br)c21. The molecule has 1 heterocycles. The molecule has 0 radical (unpaired) electrons. The second-order valence-corrected chi connectivity index (χ2v) is 4.76. The van der Waals surface area contributed by atoms with Gasteiger partial charge in [-0.3, -0.25) is 0 Å². The Hall–Kier alpha value is -0.0600. The fraction of sp³-hybridized carbons (Fsp3) is 0.333. The lowest BCUT2D eigenvalue weighted by Gasteiger charge is -2.25. The van der Waals surface area contributed by atoms with E-state index in [-0.39, 0.29) is 6.10 Å². The minimum atomic E-state index is -0.358. The zero-order valence-corrected chi connectivity index (χ0v) is 10.0. The van der Waals surface area contributed by atoms with Gasteiger partial charge in [0.15, 0.2) is 0 Å². The van der Waals surface area contributed by atoms with Crippen molar-refractivity contribution in [2.45, 2.75) is 12.5 Å². The van der Waals surface area contributed by atoms with Gasteiger partial charge in [-0.25, -0.2) is 0 Å². The van der Waals surface area contributed by atoms with Gasteiger partial charge in [0, 0.05) is 21.1 Å². The summed E-state index contributed by atoms with van der Waals surface area (Å²) in [4.78, 5) is 0. The van der Waals surface area contributed by atoms with Crippen LogP contribution in [0.1, 0.15) is 18.1 Å². The Balaban J connectivity index is 2.60. The van der Waals surface area contributed by atoms with Crippen molar-refractivity contribution in [3.63, 3.8) is 0 Å². The zero-order valence-electron chi connectivity index (χ0n) is 6.85. The number of rotatable bonds is 0. The van der Waals surface area contributed by atoms with Crippen LogP contribution in [0.5, 0.6) is 0 Å². The first-order valence-corrected chi connectivity index (χ1v) is 5.68. The molecule has 1 aromatic rings.